The van der Waals surface area contributed by atoms with E-state index >= 15 is 0 Å². The van der Waals surface area contributed by atoms with E-state index < -0.39 is 0 Å². The predicted molar refractivity (Wildman–Crippen MR) is 82.0 cm³/mol. The molecule has 8 heteroatoms. The summed E-state index contributed by atoms with van der Waals surface area (Å²) in [6, 6.07) is 1.89. The Morgan fingerprint density at radius 1 is 1.10 bits per heavy atom. The van der Waals surface area contributed by atoms with Gasteiger partial charge in [-0.05, 0) is 0 Å². The van der Waals surface area contributed by atoms with Crippen LogP contribution >= 0.6 is 11.6 Å². The van der Waals surface area contributed by atoms with Gasteiger partial charge in [0.05, 0.1) is 42.5 Å². The highest BCUT2D eigenvalue weighted by Gasteiger charge is 2.15. The highest BCUT2D eigenvalue weighted by atomic mass is 35.5. The van der Waals surface area contributed by atoms with E-state index in [2.05, 4.69) is 25.2 Å². The largest absolute Gasteiger partial charge is 0.382 e. The maximum atomic E-state index is 6.24. The molecule has 0 radical (unpaired) electrons. The Morgan fingerprint density at radius 3 is 2.57 bits per heavy atom. The Bertz CT molecular complexity index is 615. The van der Waals surface area contributed by atoms with Gasteiger partial charge in [-0.15, -0.1) is 0 Å². The van der Waals surface area contributed by atoms with Crippen LogP contribution in [0.2, 0.25) is 5.02 Å². The van der Waals surface area contributed by atoms with Crippen molar-refractivity contribution in [3.05, 3.63) is 29.7 Å². The summed E-state index contributed by atoms with van der Waals surface area (Å²) in [5.74, 6) is 1.60. The standard InChI is InChI=1S/C13H15ClN6O/c14-9-6-17-12(19-13-8-16-11(15)7-18-13)5-10(9)20-1-3-21-4-2-20/h5-8H,1-4H2,(H2,15,16)(H,17,18,19). The van der Waals surface area contributed by atoms with E-state index in [4.69, 9.17) is 22.1 Å². The zero-order valence-electron chi connectivity index (χ0n) is 11.3. The lowest BCUT2D eigenvalue weighted by Crippen LogP contribution is -2.36. The molecule has 21 heavy (non-hydrogen) atoms. The molecule has 0 bridgehead atoms. The minimum absolute atomic E-state index is 0.374. The molecular formula is C13H15ClN6O. The molecule has 1 aliphatic heterocycles. The third kappa shape index (κ3) is 3.32. The number of nitrogens with two attached hydrogens (primary N) is 1. The van der Waals surface area contributed by atoms with E-state index in [0.717, 1.165) is 18.8 Å². The number of nitrogen functional groups attached to an aromatic ring is 1. The molecule has 110 valence electrons. The smallest absolute Gasteiger partial charge is 0.150 e. The fourth-order valence-corrected chi connectivity index (χ4v) is 2.30. The van der Waals surface area contributed by atoms with E-state index in [1.807, 2.05) is 6.07 Å². The summed E-state index contributed by atoms with van der Waals surface area (Å²) < 4.78 is 5.35. The zero-order valence-corrected chi connectivity index (χ0v) is 12.0. The molecule has 0 aliphatic carbocycles. The first-order chi connectivity index (χ1) is 10.2. The zero-order chi connectivity index (χ0) is 14.7. The van der Waals surface area contributed by atoms with Gasteiger partial charge in [0.15, 0.2) is 0 Å². The number of aromatic nitrogens is 3. The molecule has 0 amide bonds. The summed E-state index contributed by atoms with van der Waals surface area (Å²) in [6.07, 6.45) is 4.67. The Kier molecular flexibility index (Phi) is 4.03. The van der Waals surface area contributed by atoms with Crippen LogP contribution in [0.3, 0.4) is 0 Å². The van der Waals surface area contributed by atoms with Gasteiger partial charge in [0.1, 0.15) is 17.5 Å². The summed E-state index contributed by atoms with van der Waals surface area (Å²) in [6.45, 7) is 3.02. The third-order valence-corrected chi connectivity index (χ3v) is 3.41. The van der Waals surface area contributed by atoms with Crippen molar-refractivity contribution in [1.29, 1.82) is 0 Å². The van der Waals surface area contributed by atoms with Crippen LogP contribution in [0.1, 0.15) is 0 Å². The summed E-state index contributed by atoms with van der Waals surface area (Å²) >= 11 is 6.24. The SMILES string of the molecule is Nc1cnc(Nc2cc(N3CCOCC3)c(Cl)cn2)cn1. The number of hydrogen-bond donors (Lipinski definition) is 2. The van der Waals surface area contributed by atoms with Crippen LogP contribution in [0.15, 0.2) is 24.7 Å². The summed E-state index contributed by atoms with van der Waals surface area (Å²) in [7, 11) is 0. The van der Waals surface area contributed by atoms with Gasteiger partial charge in [-0.3, -0.25) is 0 Å². The normalized spacial score (nSPS) is 15.0. The highest BCUT2D eigenvalue weighted by molar-refractivity contribution is 6.33. The van der Waals surface area contributed by atoms with Gasteiger partial charge in [0.2, 0.25) is 0 Å². The second-order valence-electron chi connectivity index (χ2n) is 4.57. The molecule has 3 heterocycles. The predicted octanol–water partition coefficient (Wildman–Crippen LogP) is 1.69. The fraction of sp³-hybridized carbons (Fsp3) is 0.308. The second-order valence-corrected chi connectivity index (χ2v) is 4.98. The number of nitrogens with one attached hydrogen (secondary N) is 1. The number of ether oxygens (including phenoxy) is 1. The van der Waals surface area contributed by atoms with Gasteiger partial charge in [-0.2, -0.15) is 0 Å². The summed E-state index contributed by atoms with van der Waals surface area (Å²) in [5, 5.41) is 3.70. The molecule has 2 aromatic heterocycles. The van der Waals surface area contributed by atoms with Gasteiger partial charge in [0, 0.05) is 19.2 Å². The van der Waals surface area contributed by atoms with Crippen molar-refractivity contribution in [3.8, 4) is 0 Å². The van der Waals surface area contributed by atoms with Crippen LogP contribution in [0.4, 0.5) is 23.1 Å². The quantitative estimate of drug-likeness (QED) is 0.891. The molecule has 7 nitrogen and oxygen atoms in total. The van der Waals surface area contributed by atoms with Crippen LogP contribution in [-0.4, -0.2) is 41.3 Å². The molecule has 3 N–H and O–H groups in total. The molecule has 2 aromatic rings. The van der Waals surface area contributed by atoms with Gasteiger partial charge in [-0.25, -0.2) is 15.0 Å². The number of pyridine rings is 1. The van der Waals surface area contributed by atoms with Gasteiger partial charge < -0.3 is 20.7 Å². The van der Waals surface area contributed by atoms with E-state index in [1.165, 1.54) is 6.20 Å². The number of halogens is 1. The lowest BCUT2D eigenvalue weighted by atomic mass is 10.3. The molecule has 0 saturated carbocycles. The molecule has 1 saturated heterocycles. The Balaban J connectivity index is 1.81. The molecule has 0 aromatic carbocycles. The molecule has 0 unspecified atom stereocenters. The first-order valence-corrected chi connectivity index (χ1v) is 6.93. The molecular weight excluding hydrogens is 292 g/mol. The average Bonchev–Trinajstić information content (AvgIpc) is 2.52. The second kappa shape index (κ2) is 6.11. The molecule has 1 aliphatic rings. The van der Waals surface area contributed by atoms with E-state index in [0.29, 0.717) is 35.7 Å². The van der Waals surface area contributed by atoms with Crippen LogP contribution < -0.4 is 16.0 Å². The van der Waals surface area contributed by atoms with Crippen molar-refractivity contribution in [2.24, 2.45) is 0 Å². The van der Waals surface area contributed by atoms with Crippen LogP contribution in [0, 0.1) is 0 Å². The van der Waals surface area contributed by atoms with Crippen LogP contribution in [-0.2, 0) is 4.74 Å². The Labute approximate surface area is 127 Å². The van der Waals surface area contributed by atoms with Crippen molar-refractivity contribution in [2.45, 2.75) is 0 Å². The van der Waals surface area contributed by atoms with E-state index in [9.17, 15) is 0 Å². The van der Waals surface area contributed by atoms with Crippen molar-refractivity contribution in [2.75, 3.05) is 42.3 Å². The highest BCUT2D eigenvalue weighted by Crippen LogP contribution is 2.28. The fourth-order valence-electron chi connectivity index (χ4n) is 2.08. The number of hydrogen-bond acceptors (Lipinski definition) is 7. The lowest BCUT2D eigenvalue weighted by molar-refractivity contribution is 0.122. The monoisotopic (exact) mass is 306 g/mol. The average molecular weight is 307 g/mol. The van der Waals surface area contributed by atoms with E-state index in [-0.39, 0.29) is 0 Å². The van der Waals surface area contributed by atoms with Crippen molar-refractivity contribution < 1.29 is 4.74 Å². The maximum absolute atomic E-state index is 6.24. The number of nitrogens with zero attached hydrogens (tertiary/aromatic N) is 4. The Hall–Kier alpha value is -2.12. The topological polar surface area (TPSA) is 89.2 Å². The minimum atomic E-state index is 0.374. The van der Waals surface area contributed by atoms with Crippen molar-refractivity contribution in [3.63, 3.8) is 0 Å². The Morgan fingerprint density at radius 2 is 1.86 bits per heavy atom. The number of anilines is 4. The maximum Gasteiger partial charge on any atom is 0.150 e. The number of morpholine rings is 1. The van der Waals surface area contributed by atoms with Gasteiger partial charge in [0.25, 0.3) is 0 Å². The summed E-state index contributed by atoms with van der Waals surface area (Å²) in [5.41, 5.74) is 6.44. The molecule has 1 fully saturated rings. The van der Waals surface area contributed by atoms with Gasteiger partial charge >= 0.3 is 0 Å². The third-order valence-electron chi connectivity index (χ3n) is 3.11. The van der Waals surface area contributed by atoms with E-state index in [1.54, 1.807) is 12.4 Å². The number of rotatable bonds is 3. The molecule has 3 rings (SSSR count). The summed E-state index contributed by atoms with van der Waals surface area (Å²) in [4.78, 5) is 14.5. The lowest BCUT2D eigenvalue weighted by Gasteiger charge is -2.29. The minimum Gasteiger partial charge on any atom is -0.382 e. The van der Waals surface area contributed by atoms with Crippen molar-refractivity contribution >= 4 is 34.7 Å². The molecule has 0 atom stereocenters. The first kappa shape index (κ1) is 13.8. The first-order valence-electron chi connectivity index (χ1n) is 6.55. The molecule has 0 spiro atoms. The van der Waals surface area contributed by atoms with Crippen LogP contribution in [0.25, 0.3) is 0 Å². The van der Waals surface area contributed by atoms with Gasteiger partial charge in [-0.1, -0.05) is 11.6 Å². The van der Waals surface area contributed by atoms with Crippen molar-refractivity contribution in [1.82, 2.24) is 15.0 Å². The van der Waals surface area contributed by atoms with Crippen LogP contribution in [0.5, 0.6) is 0 Å².